The van der Waals surface area contributed by atoms with E-state index in [1.807, 2.05) is 0 Å². The Morgan fingerprint density at radius 2 is 2.00 bits per heavy atom. The maximum Gasteiger partial charge on any atom is 0.0662 e. The second-order valence-corrected chi connectivity index (χ2v) is 6.82. The Bertz CT molecular complexity index is 360. The summed E-state index contributed by atoms with van der Waals surface area (Å²) in [6, 6.07) is 8.57. The lowest BCUT2D eigenvalue weighted by molar-refractivity contribution is 0.0903. The van der Waals surface area contributed by atoms with E-state index in [-0.39, 0.29) is 6.10 Å². The molecule has 0 aliphatic heterocycles. The fourth-order valence-electron chi connectivity index (χ4n) is 2.78. The zero-order valence-electron chi connectivity index (χ0n) is 11.4. The van der Waals surface area contributed by atoms with Crippen LogP contribution in [-0.2, 0) is 0 Å². The Morgan fingerprint density at radius 1 is 1.28 bits per heavy atom. The highest BCUT2D eigenvalue weighted by Crippen LogP contribution is 2.32. The lowest BCUT2D eigenvalue weighted by atomic mass is 9.80. The third kappa shape index (κ3) is 4.03. The number of hydrogen-bond acceptors (Lipinski definition) is 2. The van der Waals surface area contributed by atoms with Crippen LogP contribution in [0.4, 0.5) is 0 Å². The van der Waals surface area contributed by atoms with Crippen LogP contribution in [0.3, 0.4) is 0 Å². The maximum absolute atomic E-state index is 10.3. The second kappa shape index (κ2) is 6.63. The fourth-order valence-corrected chi connectivity index (χ4v) is 3.75. The van der Waals surface area contributed by atoms with E-state index >= 15 is 0 Å². The van der Waals surface area contributed by atoms with Crippen molar-refractivity contribution >= 4 is 11.8 Å². The van der Waals surface area contributed by atoms with Crippen molar-refractivity contribution in [3.05, 3.63) is 29.8 Å². The van der Waals surface area contributed by atoms with Crippen molar-refractivity contribution in [1.29, 1.82) is 0 Å². The summed E-state index contributed by atoms with van der Waals surface area (Å²) in [5.41, 5.74) is 1.29. The molecule has 2 rings (SSSR count). The summed E-state index contributed by atoms with van der Waals surface area (Å²) < 4.78 is 0. The average molecular weight is 264 g/mol. The number of hydrogen-bond donors (Lipinski definition) is 1. The van der Waals surface area contributed by atoms with Gasteiger partial charge in [-0.1, -0.05) is 37.5 Å². The first-order chi connectivity index (χ1) is 8.65. The monoisotopic (exact) mass is 264 g/mol. The Morgan fingerprint density at radius 3 is 2.67 bits per heavy atom. The summed E-state index contributed by atoms with van der Waals surface area (Å²) in [4.78, 5) is 1.27. The third-order valence-electron chi connectivity index (χ3n) is 3.96. The van der Waals surface area contributed by atoms with Crippen molar-refractivity contribution in [1.82, 2.24) is 0 Å². The van der Waals surface area contributed by atoms with E-state index in [0.717, 1.165) is 11.7 Å². The van der Waals surface area contributed by atoms with Gasteiger partial charge in [-0.2, -0.15) is 0 Å². The van der Waals surface area contributed by atoms with Gasteiger partial charge in [-0.25, -0.2) is 0 Å². The minimum absolute atomic E-state index is 0.140. The number of aliphatic hydroxyl groups is 1. The Hall–Kier alpha value is -0.470. The topological polar surface area (TPSA) is 20.2 Å². The van der Waals surface area contributed by atoms with Gasteiger partial charge in [0.25, 0.3) is 0 Å². The van der Waals surface area contributed by atoms with Gasteiger partial charge >= 0.3 is 0 Å². The minimum Gasteiger partial charge on any atom is -0.392 e. The maximum atomic E-state index is 10.3. The largest absolute Gasteiger partial charge is 0.392 e. The molecule has 0 heterocycles. The normalized spacial score (nSPS) is 25.9. The first-order valence-corrected chi connectivity index (χ1v) is 8.01. The van der Waals surface area contributed by atoms with Crippen LogP contribution < -0.4 is 0 Å². The summed E-state index contributed by atoms with van der Waals surface area (Å²) in [5, 5.41) is 10.3. The molecule has 1 fully saturated rings. The molecular weight excluding hydrogens is 240 g/mol. The predicted molar refractivity (Wildman–Crippen MR) is 79.0 cm³/mol. The van der Waals surface area contributed by atoms with Gasteiger partial charge in [0.05, 0.1) is 6.10 Å². The summed E-state index contributed by atoms with van der Waals surface area (Å²) in [6.07, 6.45) is 4.90. The minimum atomic E-state index is -0.140. The van der Waals surface area contributed by atoms with Gasteiger partial charge in [-0.05, 0) is 43.7 Å². The molecule has 1 aromatic rings. The molecule has 0 radical (unpaired) electrons. The van der Waals surface area contributed by atoms with Crippen LogP contribution in [0.1, 0.15) is 38.2 Å². The van der Waals surface area contributed by atoms with Crippen molar-refractivity contribution in [2.45, 2.75) is 50.5 Å². The van der Waals surface area contributed by atoms with Gasteiger partial charge in [-0.15, -0.1) is 11.8 Å². The molecule has 1 aromatic carbocycles. The third-order valence-corrected chi connectivity index (χ3v) is 5.08. The highest BCUT2D eigenvalue weighted by Gasteiger charge is 2.25. The summed E-state index contributed by atoms with van der Waals surface area (Å²) in [5.74, 6) is 2.15. The molecule has 0 saturated heterocycles. The lowest BCUT2D eigenvalue weighted by Gasteiger charge is -2.30. The summed E-state index contributed by atoms with van der Waals surface area (Å²) in [6.45, 7) is 4.42. The van der Waals surface area contributed by atoms with E-state index in [0.29, 0.717) is 5.92 Å². The molecule has 0 bridgehead atoms. The molecule has 1 aliphatic rings. The Labute approximate surface area is 115 Å². The van der Waals surface area contributed by atoms with Crippen LogP contribution in [-0.4, -0.2) is 17.0 Å². The van der Waals surface area contributed by atoms with Gasteiger partial charge in [0.15, 0.2) is 0 Å². The van der Waals surface area contributed by atoms with E-state index in [4.69, 9.17) is 0 Å². The van der Waals surface area contributed by atoms with Crippen LogP contribution in [0.25, 0.3) is 0 Å². The smallest absolute Gasteiger partial charge is 0.0662 e. The number of thioether (sulfide) groups is 1. The first-order valence-electron chi connectivity index (χ1n) is 7.02. The molecule has 2 heteroatoms. The van der Waals surface area contributed by atoms with Crippen LogP contribution in [0.15, 0.2) is 29.2 Å². The zero-order valence-corrected chi connectivity index (χ0v) is 12.2. The van der Waals surface area contributed by atoms with Gasteiger partial charge in [0, 0.05) is 10.6 Å². The number of aliphatic hydroxyl groups excluding tert-OH is 1. The van der Waals surface area contributed by atoms with Crippen LogP contribution in [0.2, 0.25) is 0 Å². The molecule has 18 heavy (non-hydrogen) atoms. The molecule has 1 N–H and O–H groups in total. The zero-order chi connectivity index (χ0) is 13.0. The number of rotatable bonds is 4. The quantitative estimate of drug-likeness (QED) is 0.819. The molecule has 1 aliphatic carbocycles. The van der Waals surface area contributed by atoms with Gasteiger partial charge in [-0.3, -0.25) is 0 Å². The van der Waals surface area contributed by atoms with E-state index < -0.39 is 0 Å². The molecular formula is C16H24OS. The highest BCUT2D eigenvalue weighted by atomic mass is 32.2. The molecule has 0 spiro atoms. The molecule has 1 saturated carbocycles. The van der Waals surface area contributed by atoms with Crippen LogP contribution in [0, 0.1) is 18.8 Å². The second-order valence-electron chi connectivity index (χ2n) is 5.72. The molecule has 0 aromatic heterocycles. The SMILES string of the molecule is Cc1ccc(SCC(O)C2CCCC(C)C2)cc1. The average Bonchev–Trinajstić information content (AvgIpc) is 2.38. The van der Waals surface area contributed by atoms with E-state index in [9.17, 15) is 5.11 Å². The van der Waals surface area contributed by atoms with E-state index in [1.165, 1.54) is 36.1 Å². The van der Waals surface area contributed by atoms with Gasteiger partial charge in [0.1, 0.15) is 0 Å². The van der Waals surface area contributed by atoms with Crippen LogP contribution in [0.5, 0.6) is 0 Å². The van der Waals surface area contributed by atoms with Gasteiger partial charge in [0.2, 0.25) is 0 Å². The molecule has 100 valence electrons. The Kier molecular flexibility index (Phi) is 5.13. The van der Waals surface area contributed by atoms with Crippen LogP contribution >= 0.6 is 11.8 Å². The standard InChI is InChI=1S/C16H24OS/c1-12-6-8-15(9-7-12)18-11-16(17)14-5-3-4-13(2)10-14/h6-9,13-14,16-17H,3-5,10-11H2,1-2H3. The lowest BCUT2D eigenvalue weighted by Crippen LogP contribution is -2.27. The van der Waals surface area contributed by atoms with Gasteiger partial charge < -0.3 is 5.11 Å². The van der Waals surface area contributed by atoms with Crippen molar-refractivity contribution in [3.63, 3.8) is 0 Å². The fraction of sp³-hybridized carbons (Fsp3) is 0.625. The molecule has 3 unspecified atom stereocenters. The summed E-state index contributed by atoms with van der Waals surface area (Å²) >= 11 is 1.78. The molecule has 0 amide bonds. The van der Waals surface area contributed by atoms with E-state index in [1.54, 1.807) is 11.8 Å². The number of aryl methyl sites for hydroxylation is 1. The van der Waals surface area contributed by atoms with Crippen molar-refractivity contribution in [3.8, 4) is 0 Å². The van der Waals surface area contributed by atoms with Crippen molar-refractivity contribution in [2.75, 3.05) is 5.75 Å². The summed E-state index contributed by atoms with van der Waals surface area (Å²) in [7, 11) is 0. The predicted octanol–water partition coefficient (Wildman–Crippen LogP) is 4.27. The van der Waals surface area contributed by atoms with E-state index in [2.05, 4.69) is 38.1 Å². The first kappa shape index (κ1) is 14.0. The molecule has 1 nitrogen and oxygen atoms in total. The number of benzene rings is 1. The van der Waals surface area contributed by atoms with Crippen molar-refractivity contribution in [2.24, 2.45) is 11.8 Å². The van der Waals surface area contributed by atoms with Crippen molar-refractivity contribution < 1.29 is 5.11 Å². The molecule has 3 atom stereocenters. The Balaban J connectivity index is 1.80. The highest BCUT2D eigenvalue weighted by molar-refractivity contribution is 7.99.